The molecule has 1 N–H and O–H groups in total. The summed E-state index contributed by atoms with van der Waals surface area (Å²) in [5.74, 6) is -2.89. The fourth-order valence-electron chi connectivity index (χ4n) is 3.38. The largest absolute Gasteiger partial charge is 0.481 e. The van der Waals surface area contributed by atoms with Crippen LogP contribution in [0.3, 0.4) is 0 Å². The lowest BCUT2D eigenvalue weighted by molar-refractivity contribution is -0.145. The van der Waals surface area contributed by atoms with Crippen LogP contribution in [0.1, 0.15) is 25.3 Å². The zero-order valence-electron chi connectivity index (χ0n) is 11.9. The summed E-state index contributed by atoms with van der Waals surface area (Å²) in [5.41, 5.74) is 0.335. The van der Waals surface area contributed by atoms with Gasteiger partial charge >= 0.3 is 5.97 Å². The van der Waals surface area contributed by atoms with Crippen molar-refractivity contribution in [3.63, 3.8) is 0 Å². The van der Waals surface area contributed by atoms with Crippen LogP contribution in [0.4, 0.5) is 0 Å². The Morgan fingerprint density at radius 3 is 2.19 bits per heavy atom. The van der Waals surface area contributed by atoms with Crippen LogP contribution >= 0.6 is 0 Å². The van der Waals surface area contributed by atoms with Crippen LogP contribution in [0, 0.1) is 17.3 Å². The summed E-state index contributed by atoms with van der Waals surface area (Å²) in [4.78, 5) is 37.2. The van der Waals surface area contributed by atoms with Crippen LogP contribution in [-0.2, 0) is 14.4 Å². The van der Waals surface area contributed by atoms with Crippen molar-refractivity contribution in [2.24, 2.45) is 17.3 Å². The summed E-state index contributed by atoms with van der Waals surface area (Å²) in [6, 6.07) is 8.70. The van der Waals surface area contributed by atoms with E-state index in [0.29, 0.717) is 5.56 Å². The summed E-state index contributed by atoms with van der Waals surface area (Å²) in [6.07, 6.45) is 0. The molecule has 0 spiro atoms. The van der Waals surface area contributed by atoms with Gasteiger partial charge in [-0.1, -0.05) is 44.2 Å². The fourth-order valence-corrected chi connectivity index (χ4v) is 3.38. The number of carboxylic acids is 1. The van der Waals surface area contributed by atoms with Gasteiger partial charge in [0.1, 0.15) is 0 Å². The van der Waals surface area contributed by atoms with E-state index in [2.05, 4.69) is 0 Å². The molecule has 0 bridgehead atoms. The number of piperidine rings is 1. The van der Waals surface area contributed by atoms with E-state index in [4.69, 9.17) is 0 Å². The smallest absolute Gasteiger partial charge is 0.312 e. The van der Waals surface area contributed by atoms with Gasteiger partial charge < -0.3 is 5.11 Å². The summed E-state index contributed by atoms with van der Waals surface area (Å²) in [6.45, 7) is 3.72. The van der Waals surface area contributed by atoms with E-state index in [0.717, 1.165) is 4.90 Å². The van der Waals surface area contributed by atoms with Gasteiger partial charge in [-0.25, -0.2) is 0 Å². The maximum Gasteiger partial charge on any atom is 0.312 e. The Hall–Kier alpha value is -2.17. The number of likely N-dealkylation sites (tertiary alicyclic amines) is 1. The molecule has 110 valence electrons. The molecule has 1 aliphatic carbocycles. The lowest BCUT2D eigenvalue weighted by Crippen LogP contribution is -2.40. The first-order valence-corrected chi connectivity index (χ1v) is 6.98. The standard InChI is InChI=1S/C16H17NO4/c1-16(2)11-12(16)14(19)17(13(11)18)8-10(15(20)21)9-6-4-3-5-7-9/h3-7,10-12H,8H2,1-2H3,(H,20,21). The van der Waals surface area contributed by atoms with Crippen molar-refractivity contribution in [3.8, 4) is 0 Å². The number of fused-ring (bicyclic) bond motifs is 1. The summed E-state index contributed by atoms with van der Waals surface area (Å²) < 4.78 is 0. The second kappa shape index (κ2) is 4.41. The molecule has 3 unspecified atom stereocenters. The molecule has 3 rings (SSSR count). The van der Waals surface area contributed by atoms with Gasteiger partial charge in [0, 0.05) is 6.54 Å². The summed E-state index contributed by atoms with van der Waals surface area (Å²) in [7, 11) is 0. The SMILES string of the molecule is CC1(C)C2C(=O)N(CC(C(=O)O)c3ccccc3)C(=O)C21. The zero-order valence-corrected chi connectivity index (χ0v) is 11.9. The van der Waals surface area contributed by atoms with Gasteiger partial charge in [-0.15, -0.1) is 0 Å². The molecule has 1 saturated heterocycles. The van der Waals surface area contributed by atoms with Crippen LogP contribution in [0.25, 0.3) is 0 Å². The quantitative estimate of drug-likeness (QED) is 0.851. The molecule has 2 amide bonds. The number of carbonyl (C=O) groups excluding carboxylic acids is 2. The zero-order chi connectivity index (χ0) is 15.4. The molecule has 1 aromatic carbocycles. The molecular formula is C16H17NO4. The van der Waals surface area contributed by atoms with Gasteiger partial charge in [-0.05, 0) is 11.0 Å². The average molecular weight is 287 g/mol. The second-order valence-corrected chi connectivity index (χ2v) is 6.37. The molecule has 5 heteroatoms. The van der Waals surface area contributed by atoms with E-state index < -0.39 is 11.9 Å². The number of carbonyl (C=O) groups is 3. The molecule has 0 radical (unpaired) electrons. The Kier molecular flexibility index (Phi) is 2.90. The molecule has 1 aromatic rings. The van der Waals surface area contributed by atoms with Crippen LogP contribution in [0.5, 0.6) is 0 Å². The van der Waals surface area contributed by atoms with Gasteiger partial charge in [0.2, 0.25) is 11.8 Å². The van der Waals surface area contributed by atoms with Crippen molar-refractivity contribution in [2.45, 2.75) is 19.8 Å². The Labute approximate surface area is 122 Å². The van der Waals surface area contributed by atoms with Gasteiger partial charge in [-0.3, -0.25) is 19.3 Å². The van der Waals surface area contributed by atoms with Crippen LogP contribution in [-0.4, -0.2) is 34.3 Å². The van der Waals surface area contributed by atoms with E-state index in [1.807, 2.05) is 13.8 Å². The third kappa shape index (κ3) is 1.95. The Morgan fingerprint density at radius 2 is 1.71 bits per heavy atom. The number of amides is 2. The number of benzene rings is 1. The van der Waals surface area contributed by atoms with E-state index in [1.54, 1.807) is 30.3 Å². The molecule has 3 atom stereocenters. The van der Waals surface area contributed by atoms with E-state index >= 15 is 0 Å². The Bertz CT molecular complexity index is 598. The summed E-state index contributed by atoms with van der Waals surface area (Å²) in [5, 5.41) is 9.39. The number of carboxylic acid groups (broad SMARTS) is 1. The van der Waals surface area contributed by atoms with Gasteiger partial charge in [0.15, 0.2) is 0 Å². The monoisotopic (exact) mass is 287 g/mol. The third-order valence-corrected chi connectivity index (χ3v) is 4.76. The van der Waals surface area contributed by atoms with Crippen LogP contribution < -0.4 is 0 Å². The number of imide groups is 1. The molecule has 21 heavy (non-hydrogen) atoms. The summed E-state index contributed by atoms with van der Waals surface area (Å²) >= 11 is 0. The molecule has 2 aliphatic rings. The first-order chi connectivity index (χ1) is 9.85. The molecule has 1 saturated carbocycles. The lowest BCUT2D eigenvalue weighted by Gasteiger charge is -2.24. The predicted molar refractivity (Wildman–Crippen MR) is 74.3 cm³/mol. The van der Waals surface area contributed by atoms with Crippen molar-refractivity contribution in [1.82, 2.24) is 4.90 Å². The van der Waals surface area contributed by atoms with Gasteiger partial charge in [-0.2, -0.15) is 0 Å². The molecule has 5 nitrogen and oxygen atoms in total. The van der Waals surface area contributed by atoms with E-state index in [1.165, 1.54) is 0 Å². The number of hydrogen-bond donors (Lipinski definition) is 1. The van der Waals surface area contributed by atoms with Gasteiger partial charge in [0.05, 0.1) is 17.8 Å². The number of rotatable bonds is 4. The third-order valence-electron chi connectivity index (χ3n) is 4.76. The maximum absolute atomic E-state index is 12.3. The highest BCUT2D eigenvalue weighted by molar-refractivity contribution is 6.10. The van der Waals surface area contributed by atoms with Crippen molar-refractivity contribution in [1.29, 1.82) is 0 Å². The predicted octanol–water partition coefficient (Wildman–Crippen LogP) is 1.50. The van der Waals surface area contributed by atoms with E-state index in [-0.39, 0.29) is 35.6 Å². The Morgan fingerprint density at radius 1 is 1.19 bits per heavy atom. The molecular weight excluding hydrogens is 270 g/mol. The molecule has 1 heterocycles. The topological polar surface area (TPSA) is 74.7 Å². The van der Waals surface area contributed by atoms with Crippen molar-refractivity contribution in [2.75, 3.05) is 6.54 Å². The minimum atomic E-state index is -1.03. The first kappa shape index (κ1) is 13.8. The highest BCUT2D eigenvalue weighted by Gasteiger charge is 2.72. The highest BCUT2D eigenvalue weighted by atomic mass is 16.4. The number of nitrogens with zero attached hydrogens (tertiary/aromatic N) is 1. The number of hydrogen-bond acceptors (Lipinski definition) is 3. The van der Waals surface area contributed by atoms with E-state index in [9.17, 15) is 19.5 Å². The minimum absolute atomic E-state index is 0.0832. The normalized spacial score (nSPS) is 27.4. The molecule has 1 aliphatic heterocycles. The second-order valence-electron chi connectivity index (χ2n) is 6.37. The maximum atomic E-state index is 12.3. The van der Waals surface area contributed by atoms with Crippen LogP contribution in [0.15, 0.2) is 30.3 Å². The number of aliphatic carboxylic acids is 1. The average Bonchev–Trinajstić information content (AvgIpc) is 2.90. The van der Waals surface area contributed by atoms with Crippen molar-refractivity contribution in [3.05, 3.63) is 35.9 Å². The highest BCUT2D eigenvalue weighted by Crippen LogP contribution is 2.63. The molecule has 2 fully saturated rings. The van der Waals surface area contributed by atoms with Crippen LogP contribution in [0.2, 0.25) is 0 Å². The first-order valence-electron chi connectivity index (χ1n) is 6.98. The Balaban J connectivity index is 1.81. The lowest BCUT2D eigenvalue weighted by atomic mass is 9.97. The fraction of sp³-hybridized carbons (Fsp3) is 0.438. The minimum Gasteiger partial charge on any atom is -0.481 e. The van der Waals surface area contributed by atoms with Crippen molar-refractivity contribution < 1.29 is 19.5 Å². The van der Waals surface area contributed by atoms with Gasteiger partial charge in [0.25, 0.3) is 0 Å². The molecule has 0 aromatic heterocycles. The van der Waals surface area contributed by atoms with Crippen molar-refractivity contribution >= 4 is 17.8 Å².